The predicted octanol–water partition coefficient (Wildman–Crippen LogP) is 9.74. The third kappa shape index (κ3) is 10.8. The van der Waals surface area contributed by atoms with Gasteiger partial charge in [0.05, 0.1) is 54.8 Å². The van der Waals surface area contributed by atoms with E-state index in [1.54, 1.807) is 6.07 Å². The second-order valence-electron chi connectivity index (χ2n) is 18.4. The fourth-order valence-electron chi connectivity index (χ4n) is 8.20. The average Bonchev–Trinajstić information content (AvgIpc) is 3.83. The van der Waals surface area contributed by atoms with Crippen molar-refractivity contribution in [3.63, 3.8) is 0 Å². The molecule has 67 heavy (non-hydrogen) atoms. The van der Waals surface area contributed by atoms with Gasteiger partial charge in [-0.25, -0.2) is 19.5 Å². The molecule has 2 amide bonds. The molecule has 16 heteroatoms. The molecule has 0 atom stereocenters. The molecule has 350 valence electrons. The van der Waals surface area contributed by atoms with Gasteiger partial charge in [-0.3, -0.25) is 9.59 Å². The first-order valence-corrected chi connectivity index (χ1v) is 26.5. The fraction of sp³-hybridized carbons (Fsp3) is 0.353. The zero-order chi connectivity index (χ0) is 47.3. The van der Waals surface area contributed by atoms with E-state index in [2.05, 4.69) is 70.0 Å². The quantitative estimate of drug-likeness (QED) is 0.0507. The molecular weight excluding hydrogens is 929 g/mol. The number of hydrogen-bond donors (Lipinski definition) is 2. The summed E-state index contributed by atoms with van der Waals surface area (Å²) in [6.07, 6.45) is 3.33. The third-order valence-corrected chi connectivity index (χ3v) is 17.6. The molecule has 4 heterocycles. The number of rotatable bonds is 17. The van der Waals surface area contributed by atoms with E-state index in [9.17, 15) is 9.59 Å². The number of fused-ring (bicyclic) bond motifs is 2. The Bertz CT molecular complexity index is 2750. The number of para-hydroxylation sites is 1. The molecule has 0 bridgehead atoms. The number of nitrogen functional groups attached to an aromatic ring is 1. The lowest BCUT2D eigenvalue weighted by Gasteiger charge is -2.36. The van der Waals surface area contributed by atoms with E-state index >= 15 is 0 Å². The fourth-order valence-corrected chi connectivity index (χ4v) is 9.58. The number of benzene rings is 4. The van der Waals surface area contributed by atoms with Crippen LogP contribution >= 0.6 is 15.9 Å². The summed E-state index contributed by atoms with van der Waals surface area (Å²) in [6.45, 7) is 17.3. The highest BCUT2D eigenvalue weighted by Crippen LogP contribution is 2.43. The standard InChI is InChI=1S/C51H59BrN8O6Si/c1-34(61)59-43-20-17-37(52)32-42(43)44(50(59)62)46(36-11-10-14-41(31-36)66-67(5,6)51(2,3)4)54-23-27-63-29-30-64-28-26-58-24-21-38(22-25-58)60-49-45(48(53)55-33-56-49)47(57-60)35-15-18-40(19-16-35)65-39-12-8-7-9-13-39/h7-20,31-33,38,54H,21-30H2,1-6H3,(H2,53,55,56)/b46-44-. The molecule has 0 unspecified atom stereocenters. The summed E-state index contributed by atoms with van der Waals surface area (Å²) < 4.78 is 27.5. The summed E-state index contributed by atoms with van der Waals surface area (Å²) >= 11 is 3.57. The molecular formula is C51H59BrN8O6Si. The number of imide groups is 1. The van der Waals surface area contributed by atoms with Crippen LogP contribution in [0.1, 0.15) is 57.7 Å². The van der Waals surface area contributed by atoms with E-state index in [1.807, 2.05) is 95.7 Å². The van der Waals surface area contributed by atoms with E-state index in [0.29, 0.717) is 61.3 Å². The second kappa shape index (κ2) is 20.5. The number of ether oxygens (including phenoxy) is 3. The van der Waals surface area contributed by atoms with Gasteiger partial charge in [-0.1, -0.05) is 67.0 Å². The summed E-state index contributed by atoms with van der Waals surface area (Å²) in [6, 6.07) is 31.0. The van der Waals surface area contributed by atoms with Crippen molar-refractivity contribution in [1.29, 1.82) is 0 Å². The average molecular weight is 988 g/mol. The minimum Gasteiger partial charge on any atom is -0.543 e. The van der Waals surface area contributed by atoms with Gasteiger partial charge in [0.25, 0.3) is 5.91 Å². The number of carbonyl (C=O) groups is 2. The van der Waals surface area contributed by atoms with Crippen molar-refractivity contribution in [2.24, 2.45) is 0 Å². The zero-order valence-corrected chi connectivity index (χ0v) is 41.6. The molecule has 2 aromatic heterocycles. The van der Waals surface area contributed by atoms with Crippen molar-refractivity contribution in [3.05, 3.63) is 119 Å². The SMILES string of the molecule is CC(=O)N1C(=O)/C(=C(\NCCOCCOCCN2CCC(n3nc(-c4ccc(Oc5ccccc5)cc4)c4c(N)ncnc43)CC2)c2cccc(O[Si](C)(C)C(C)(C)C)c2)c2cc(Br)ccc21. The van der Waals surface area contributed by atoms with Crippen LogP contribution in [0.25, 0.3) is 33.6 Å². The molecule has 4 aromatic carbocycles. The van der Waals surface area contributed by atoms with Gasteiger partial charge >= 0.3 is 0 Å². The number of piperidine rings is 1. The van der Waals surface area contributed by atoms with E-state index < -0.39 is 8.32 Å². The highest BCUT2D eigenvalue weighted by Gasteiger charge is 2.40. The number of aromatic nitrogens is 4. The first-order chi connectivity index (χ1) is 32.2. The molecule has 1 fully saturated rings. The number of halogens is 1. The molecule has 6 aromatic rings. The van der Waals surface area contributed by atoms with Crippen molar-refractivity contribution >= 4 is 69.9 Å². The molecule has 3 N–H and O–H groups in total. The van der Waals surface area contributed by atoms with Gasteiger partial charge in [0, 0.05) is 54.3 Å². The highest BCUT2D eigenvalue weighted by atomic mass is 79.9. The van der Waals surface area contributed by atoms with Crippen LogP contribution in [0.5, 0.6) is 17.2 Å². The Morgan fingerprint density at radius 2 is 1.57 bits per heavy atom. The van der Waals surface area contributed by atoms with Gasteiger partial charge in [-0.05, 0) is 97.7 Å². The summed E-state index contributed by atoms with van der Waals surface area (Å²) in [5, 5.41) is 9.35. The number of anilines is 2. The van der Waals surface area contributed by atoms with Crippen LogP contribution in [-0.2, 0) is 19.1 Å². The van der Waals surface area contributed by atoms with Crippen LogP contribution in [-0.4, -0.2) is 97.4 Å². The maximum Gasteiger partial charge on any atom is 0.267 e. The first kappa shape index (κ1) is 47.6. The van der Waals surface area contributed by atoms with E-state index in [4.69, 9.17) is 29.5 Å². The molecule has 0 saturated carbocycles. The Hall–Kier alpha value is -5.91. The molecule has 2 aliphatic heterocycles. The number of amides is 2. The van der Waals surface area contributed by atoms with Crippen LogP contribution < -0.4 is 25.1 Å². The number of hydrogen-bond acceptors (Lipinski definition) is 12. The van der Waals surface area contributed by atoms with Gasteiger partial charge in [0.2, 0.25) is 14.2 Å². The second-order valence-corrected chi connectivity index (χ2v) is 24.0. The summed E-state index contributed by atoms with van der Waals surface area (Å²) in [7, 11) is -2.15. The van der Waals surface area contributed by atoms with Crippen LogP contribution in [0.2, 0.25) is 18.1 Å². The van der Waals surface area contributed by atoms with Gasteiger partial charge in [-0.15, -0.1) is 0 Å². The molecule has 0 radical (unpaired) electrons. The Balaban J connectivity index is 0.832. The van der Waals surface area contributed by atoms with Crippen molar-refractivity contribution in [2.75, 3.05) is 63.2 Å². The Morgan fingerprint density at radius 1 is 0.866 bits per heavy atom. The van der Waals surface area contributed by atoms with E-state index in [-0.39, 0.29) is 22.9 Å². The highest BCUT2D eigenvalue weighted by molar-refractivity contribution is 9.10. The van der Waals surface area contributed by atoms with Gasteiger partial charge in [0.1, 0.15) is 35.1 Å². The molecule has 2 aliphatic rings. The van der Waals surface area contributed by atoms with E-state index in [0.717, 1.165) is 82.1 Å². The predicted molar refractivity (Wildman–Crippen MR) is 269 cm³/mol. The maximum atomic E-state index is 14.1. The minimum atomic E-state index is -2.15. The number of nitrogens with zero attached hydrogens (tertiary/aromatic N) is 6. The van der Waals surface area contributed by atoms with Crippen molar-refractivity contribution in [3.8, 4) is 28.5 Å². The summed E-state index contributed by atoms with van der Waals surface area (Å²) in [5.41, 5.74) is 11.9. The zero-order valence-electron chi connectivity index (χ0n) is 39.1. The Kier molecular flexibility index (Phi) is 14.6. The monoisotopic (exact) mass is 986 g/mol. The van der Waals surface area contributed by atoms with E-state index in [1.165, 1.54) is 18.2 Å². The smallest absolute Gasteiger partial charge is 0.267 e. The van der Waals surface area contributed by atoms with Crippen LogP contribution in [0.15, 0.2) is 108 Å². The van der Waals surface area contributed by atoms with Crippen molar-refractivity contribution < 1.29 is 28.2 Å². The topological polar surface area (TPSA) is 159 Å². The van der Waals surface area contributed by atoms with Crippen LogP contribution in [0, 0.1) is 0 Å². The van der Waals surface area contributed by atoms with Gasteiger partial charge < -0.3 is 34.6 Å². The minimum absolute atomic E-state index is 0.000397. The Morgan fingerprint density at radius 3 is 2.28 bits per heavy atom. The van der Waals surface area contributed by atoms with Crippen molar-refractivity contribution in [2.45, 2.75) is 64.7 Å². The lowest BCUT2D eigenvalue weighted by molar-refractivity contribution is -0.122. The summed E-state index contributed by atoms with van der Waals surface area (Å²) in [5.74, 6) is 1.92. The third-order valence-electron chi connectivity index (χ3n) is 12.8. The molecule has 8 rings (SSSR count). The molecule has 0 spiro atoms. The molecule has 0 aliphatic carbocycles. The van der Waals surface area contributed by atoms with Gasteiger partial charge in [-0.2, -0.15) is 5.10 Å². The number of nitrogens with one attached hydrogen (secondary N) is 1. The maximum absolute atomic E-state index is 14.1. The number of nitrogens with two attached hydrogens (primary N) is 1. The summed E-state index contributed by atoms with van der Waals surface area (Å²) in [4.78, 5) is 39.5. The number of carbonyl (C=O) groups excluding carboxylic acids is 2. The molecule has 1 saturated heterocycles. The normalized spacial score (nSPS) is 15.5. The lowest BCUT2D eigenvalue weighted by Crippen LogP contribution is -2.43. The molecule has 14 nitrogen and oxygen atoms in total. The Labute approximate surface area is 401 Å². The number of likely N-dealkylation sites (tertiary alicyclic amines) is 1. The lowest BCUT2D eigenvalue weighted by atomic mass is 10.00. The van der Waals surface area contributed by atoms with Gasteiger partial charge in [0.15, 0.2) is 5.65 Å². The van der Waals surface area contributed by atoms with Crippen LogP contribution in [0.4, 0.5) is 11.5 Å². The largest absolute Gasteiger partial charge is 0.543 e. The first-order valence-electron chi connectivity index (χ1n) is 22.8. The van der Waals surface area contributed by atoms with Crippen molar-refractivity contribution in [1.82, 2.24) is 30.0 Å². The van der Waals surface area contributed by atoms with Crippen LogP contribution in [0.3, 0.4) is 0 Å².